The molecule has 0 atom stereocenters. The molecule has 0 radical (unpaired) electrons. The van der Waals surface area contributed by atoms with Gasteiger partial charge in [0, 0.05) is 11.9 Å². The Labute approximate surface area is 105 Å². The Bertz CT molecular complexity index is 561. The van der Waals surface area contributed by atoms with Gasteiger partial charge < -0.3 is 10.4 Å². The summed E-state index contributed by atoms with van der Waals surface area (Å²) in [5.41, 5.74) is 2.25. The SMILES string of the molecule is Cc1cc(NC=C(C#N)C#N)ccc1CC(=O)O. The Morgan fingerprint density at radius 3 is 2.61 bits per heavy atom. The molecule has 0 aliphatic rings. The molecule has 0 aromatic heterocycles. The maximum absolute atomic E-state index is 10.6. The smallest absolute Gasteiger partial charge is 0.307 e. The summed E-state index contributed by atoms with van der Waals surface area (Å²) in [6, 6.07) is 8.64. The number of aliphatic carboxylic acids is 1. The normalized spacial score (nSPS) is 8.83. The van der Waals surface area contributed by atoms with Crippen LogP contribution in [0.25, 0.3) is 0 Å². The van der Waals surface area contributed by atoms with Crippen molar-refractivity contribution < 1.29 is 9.90 Å². The van der Waals surface area contributed by atoms with Gasteiger partial charge in [-0.05, 0) is 30.2 Å². The van der Waals surface area contributed by atoms with Crippen molar-refractivity contribution in [3.8, 4) is 12.1 Å². The van der Waals surface area contributed by atoms with Crippen LogP contribution in [0.15, 0.2) is 30.0 Å². The van der Waals surface area contributed by atoms with E-state index in [9.17, 15) is 4.79 Å². The van der Waals surface area contributed by atoms with Gasteiger partial charge in [-0.15, -0.1) is 0 Å². The second-order valence-corrected chi connectivity index (χ2v) is 3.64. The van der Waals surface area contributed by atoms with Gasteiger partial charge in [0.15, 0.2) is 0 Å². The number of anilines is 1. The molecule has 0 saturated carbocycles. The molecule has 0 heterocycles. The number of benzene rings is 1. The zero-order valence-corrected chi connectivity index (χ0v) is 9.77. The molecule has 5 heteroatoms. The topological polar surface area (TPSA) is 96.9 Å². The summed E-state index contributed by atoms with van der Waals surface area (Å²) in [4.78, 5) is 10.6. The van der Waals surface area contributed by atoms with Gasteiger partial charge in [-0.3, -0.25) is 4.79 Å². The molecule has 0 fully saturated rings. The van der Waals surface area contributed by atoms with Gasteiger partial charge in [-0.25, -0.2) is 0 Å². The summed E-state index contributed by atoms with van der Waals surface area (Å²) in [5, 5.41) is 28.6. The van der Waals surface area contributed by atoms with E-state index in [2.05, 4.69) is 5.32 Å². The predicted molar refractivity (Wildman–Crippen MR) is 65.5 cm³/mol. The molecule has 1 rings (SSSR count). The first-order valence-corrected chi connectivity index (χ1v) is 5.15. The van der Waals surface area contributed by atoms with Crippen molar-refractivity contribution in [2.45, 2.75) is 13.3 Å². The monoisotopic (exact) mass is 241 g/mol. The molecule has 5 nitrogen and oxygen atoms in total. The second kappa shape index (κ2) is 6.07. The van der Waals surface area contributed by atoms with E-state index in [1.165, 1.54) is 6.20 Å². The average Bonchev–Trinajstić information content (AvgIpc) is 2.33. The summed E-state index contributed by atoms with van der Waals surface area (Å²) < 4.78 is 0. The number of hydrogen-bond donors (Lipinski definition) is 2. The van der Waals surface area contributed by atoms with Crippen molar-refractivity contribution in [3.63, 3.8) is 0 Å². The highest BCUT2D eigenvalue weighted by atomic mass is 16.4. The highest BCUT2D eigenvalue weighted by molar-refractivity contribution is 5.71. The number of allylic oxidation sites excluding steroid dienone is 1. The number of nitrogens with zero attached hydrogens (tertiary/aromatic N) is 2. The van der Waals surface area contributed by atoms with Crippen molar-refractivity contribution >= 4 is 11.7 Å². The van der Waals surface area contributed by atoms with Crippen molar-refractivity contribution in [3.05, 3.63) is 41.1 Å². The van der Waals surface area contributed by atoms with E-state index < -0.39 is 5.97 Å². The Morgan fingerprint density at radius 2 is 2.11 bits per heavy atom. The summed E-state index contributed by atoms with van der Waals surface area (Å²) in [6.07, 6.45) is 1.29. The van der Waals surface area contributed by atoms with Crippen molar-refractivity contribution in [2.75, 3.05) is 5.32 Å². The van der Waals surface area contributed by atoms with Crippen LogP contribution >= 0.6 is 0 Å². The Hall–Kier alpha value is -2.79. The second-order valence-electron chi connectivity index (χ2n) is 3.64. The first-order valence-electron chi connectivity index (χ1n) is 5.15. The Balaban J connectivity index is 2.86. The van der Waals surface area contributed by atoms with E-state index in [-0.39, 0.29) is 12.0 Å². The van der Waals surface area contributed by atoms with Crippen LogP contribution in [-0.4, -0.2) is 11.1 Å². The molecular formula is C13H11N3O2. The predicted octanol–water partition coefficient (Wildman–Crippen LogP) is 1.97. The lowest BCUT2D eigenvalue weighted by Crippen LogP contribution is -2.02. The van der Waals surface area contributed by atoms with Crippen molar-refractivity contribution in [2.24, 2.45) is 0 Å². The molecule has 0 aliphatic carbocycles. The molecule has 90 valence electrons. The maximum atomic E-state index is 10.6. The number of aryl methyl sites for hydroxylation is 1. The minimum Gasteiger partial charge on any atom is -0.481 e. The van der Waals surface area contributed by atoms with E-state index in [1.54, 1.807) is 30.3 Å². The van der Waals surface area contributed by atoms with Crippen LogP contribution in [-0.2, 0) is 11.2 Å². The molecule has 2 N–H and O–H groups in total. The summed E-state index contributed by atoms with van der Waals surface area (Å²) in [6.45, 7) is 1.81. The highest BCUT2D eigenvalue weighted by Crippen LogP contribution is 2.16. The average molecular weight is 241 g/mol. The van der Waals surface area contributed by atoms with E-state index >= 15 is 0 Å². The number of carbonyl (C=O) groups is 1. The number of carboxylic acid groups (broad SMARTS) is 1. The van der Waals surface area contributed by atoms with Gasteiger partial charge in [0.05, 0.1) is 6.42 Å². The maximum Gasteiger partial charge on any atom is 0.307 e. The molecule has 0 spiro atoms. The third-order valence-electron chi connectivity index (χ3n) is 2.31. The van der Waals surface area contributed by atoms with Crippen LogP contribution in [0, 0.1) is 29.6 Å². The minimum atomic E-state index is -0.880. The van der Waals surface area contributed by atoms with E-state index in [4.69, 9.17) is 15.6 Å². The fourth-order valence-electron chi connectivity index (χ4n) is 1.39. The lowest BCUT2D eigenvalue weighted by Gasteiger charge is -2.06. The van der Waals surface area contributed by atoms with E-state index in [0.717, 1.165) is 11.1 Å². The van der Waals surface area contributed by atoms with Gasteiger partial charge >= 0.3 is 5.97 Å². The quantitative estimate of drug-likeness (QED) is 0.785. The molecule has 1 aromatic rings. The number of carboxylic acids is 1. The fraction of sp³-hybridized carbons (Fsp3) is 0.154. The first-order chi connectivity index (χ1) is 8.56. The van der Waals surface area contributed by atoms with Gasteiger partial charge in [-0.2, -0.15) is 10.5 Å². The molecule has 0 unspecified atom stereocenters. The van der Waals surface area contributed by atoms with Crippen LogP contribution in [0.5, 0.6) is 0 Å². The lowest BCUT2D eigenvalue weighted by atomic mass is 10.1. The van der Waals surface area contributed by atoms with Crippen molar-refractivity contribution in [1.82, 2.24) is 0 Å². The first kappa shape index (κ1) is 13.3. The highest BCUT2D eigenvalue weighted by Gasteiger charge is 2.04. The van der Waals surface area contributed by atoms with Crippen LogP contribution in [0.2, 0.25) is 0 Å². The van der Waals surface area contributed by atoms with Crippen LogP contribution < -0.4 is 5.32 Å². The minimum absolute atomic E-state index is 0.0242. The fourth-order valence-corrected chi connectivity index (χ4v) is 1.39. The largest absolute Gasteiger partial charge is 0.481 e. The number of nitriles is 2. The number of nitrogens with one attached hydrogen (secondary N) is 1. The molecule has 0 amide bonds. The van der Waals surface area contributed by atoms with Crippen LogP contribution in [0.3, 0.4) is 0 Å². The van der Waals surface area contributed by atoms with Gasteiger partial charge in [0.1, 0.15) is 17.7 Å². The van der Waals surface area contributed by atoms with Gasteiger partial charge in [0.25, 0.3) is 0 Å². The molecule has 0 aliphatic heterocycles. The standard InChI is InChI=1S/C13H11N3O2/c1-9-4-12(16-8-10(6-14)7-15)3-2-11(9)5-13(17)18/h2-4,8,16H,5H2,1H3,(H,17,18). The zero-order chi connectivity index (χ0) is 13.5. The molecule has 1 aromatic carbocycles. The number of rotatable bonds is 4. The number of hydrogen-bond acceptors (Lipinski definition) is 4. The van der Waals surface area contributed by atoms with Crippen LogP contribution in [0.4, 0.5) is 5.69 Å². The van der Waals surface area contributed by atoms with Gasteiger partial charge in [0.2, 0.25) is 0 Å². The van der Waals surface area contributed by atoms with Crippen LogP contribution in [0.1, 0.15) is 11.1 Å². The molecule has 0 bridgehead atoms. The summed E-state index contributed by atoms with van der Waals surface area (Å²) in [7, 11) is 0. The van der Waals surface area contributed by atoms with E-state index in [0.29, 0.717) is 5.69 Å². The van der Waals surface area contributed by atoms with E-state index in [1.807, 2.05) is 6.92 Å². The Kier molecular flexibility index (Phi) is 4.48. The summed E-state index contributed by atoms with van der Waals surface area (Å²) in [5.74, 6) is -0.880. The molecular weight excluding hydrogens is 230 g/mol. The third-order valence-corrected chi connectivity index (χ3v) is 2.31. The molecule has 18 heavy (non-hydrogen) atoms. The van der Waals surface area contributed by atoms with Crippen molar-refractivity contribution in [1.29, 1.82) is 10.5 Å². The summed E-state index contributed by atoms with van der Waals surface area (Å²) >= 11 is 0. The molecule has 0 saturated heterocycles. The third kappa shape index (κ3) is 3.66. The zero-order valence-electron chi connectivity index (χ0n) is 9.77. The van der Waals surface area contributed by atoms with Gasteiger partial charge in [-0.1, -0.05) is 6.07 Å². The Morgan fingerprint density at radius 1 is 1.44 bits per heavy atom. The lowest BCUT2D eigenvalue weighted by molar-refractivity contribution is -0.136.